The Morgan fingerprint density at radius 1 is 1.09 bits per heavy atom. The predicted octanol–water partition coefficient (Wildman–Crippen LogP) is 6.26. The van der Waals surface area contributed by atoms with E-state index in [2.05, 4.69) is 18.6 Å². The average Bonchev–Trinajstić information content (AvgIpc) is 3.05. The molecule has 1 aromatic carbocycles. The Morgan fingerprint density at radius 3 is 2.62 bits per heavy atom. The van der Waals surface area contributed by atoms with Crippen LogP contribution in [0.5, 0.6) is 11.5 Å². The van der Waals surface area contributed by atoms with Crippen LogP contribution in [0, 0.1) is 34.5 Å². The van der Waals surface area contributed by atoms with E-state index in [1.54, 1.807) is 12.1 Å². The van der Waals surface area contributed by atoms with Crippen molar-refractivity contribution in [1.29, 1.82) is 0 Å². The number of carbonyl (C=O) groups excluding carboxylic acids is 1. The van der Waals surface area contributed by atoms with Crippen LogP contribution in [0.3, 0.4) is 0 Å². The Kier molecular flexibility index (Phi) is 6.02. The third-order valence-electron chi connectivity index (χ3n) is 10.0. The van der Waals surface area contributed by atoms with Gasteiger partial charge in [-0.15, -0.1) is 0 Å². The van der Waals surface area contributed by atoms with Crippen LogP contribution in [0.4, 0.5) is 8.78 Å². The molecule has 0 bridgehead atoms. The molecule has 0 spiro atoms. The van der Waals surface area contributed by atoms with E-state index in [9.17, 15) is 18.7 Å². The summed E-state index contributed by atoms with van der Waals surface area (Å²) in [6, 6.07) is 4.83. The maximum Gasteiger partial charge on any atom is 0.387 e. The van der Waals surface area contributed by atoms with Gasteiger partial charge in [-0.25, -0.2) is 0 Å². The summed E-state index contributed by atoms with van der Waals surface area (Å²) in [4.78, 5) is 13.7. The fourth-order valence-electron chi connectivity index (χ4n) is 8.20. The quantitative estimate of drug-likeness (QED) is 0.523. The van der Waals surface area contributed by atoms with Crippen molar-refractivity contribution in [3.05, 3.63) is 29.3 Å². The highest BCUT2D eigenvalue weighted by Crippen LogP contribution is 2.66. The minimum Gasteiger partial charge on any atom is -0.493 e. The van der Waals surface area contributed by atoms with E-state index in [1.807, 2.05) is 6.08 Å². The molecule has 0 heterocycles. The number of ketones is 1. The minimum absolute atomic E-state index is 0.0107. The van der Waals surface area contributed by atoms with Crippen LogP contribution in [-0.4, -0.2) is 30.7 Å². The molecule has 0 amide bonds. The summed E-state index contributed by atoms with van der Waals surface area (Å²) < 4.78 is 35.1. The summed E-state index contributed by atoms with van der Waals surface area (Å²) in [5, 5.41) is 10.3. The van der Waals surface area contributed by atoms with E-state index in [4.69, 9.17) is 4.74 Å². The Morgan fingerprint density at radius 2 is 1.88 bits per heavy atom. The number of halogens is 2. The maximum absolute atomic E-state index is 13.7. The lowest BCUT2D eigenvalue weighted by atomic mass is 9.45. The fraction of sp³-hybridized carbons (Fsp3) is 0.679. The number of aliphatic hydroxyl groups is 1. The van der Waals surface area contributed by atoms with E-state index in [0.29, 0.717) is 23.7 Å². The molecule has 4 aliphatic rings. The third-order valence-corrected chi connectivity index (χ3v) is 10.0. The number of benzene rings is 1. The lowest BCUT2D eigenvalue weighted by molar-refractivity contribution is -0.141. The molecule has 0 unspecified atom stereocenters. The summed E-state index contributed by atoms with van der Waals surface area (Å²) in [5.74, 6) is 2.57. The highest BCUT2D eigenvalue weighted by atomic mass is 19.3. The highest BCUT2D eigenvalue weighted by Gasteiger charge is 2.61. The number of fused-ring (bicyclic) bond motifs is 5. The first-order valence-corrected chi connectivity index (χ1v) is 12.7. The highest BCUT2D eigenvalue weighted by molar-refractivity contribution is 6.06. The average molecular weight is 475 g/mol. The summed E-state index contributed by atoms with van der Waals surface area (Å²) in [5.41, 5.74) is 1.54. The zero-order chi connectivity index (χ0) is 24.3. The Bertz CT molecular complexity index is 991. The number of allylic oxidation sites excluding steroid dienone is 1. The molecule has 6 heteroatoms. The number of rotatable bonds is 4. The molecule has 5 rings (SSSR count). The van der Waals surface area contributed by atoms with Crippen molar-refractivity contribution in [2.45, 2.75) is 77.9 Å². The van der Waals surface area contributed by atoms with Crippen LogP contribution in [0.15, 0.2) is 23.8 Å². The van der Waals surface area contributed by atoms with Crippen molar-refractivity contribution in [1.82, 2.24) is 0 Å². The molecule has 0 radical (unpaired) electrons. The van der Waals surface area contributed by atoms with Gasteiger partial charge in [0, 0.05) is 5.41 Å². The molecule has 186 valence electrons. The predicted molar refractivity (Wildman–Crippen MR) is 126 cm³/mol. The van der Waals surface area contributed by atoms with Gasteiger partial charge in [0.1, 0.15) is 0 Å². The second-order valence-electron chi connectivity index (χ2n) is 11.5. The molecule has 4 aliphatic carbocycles. The molecular formula is C28H36F2O4. The second kappa shape index (κ2) is 8.61. The maximum atomic E-state index is 13.7. The largest absolute Gasteiger partial charge is 0.493 e. The lowest BCUT2D eigenvalue weighted by Gasteiger charge is -2.59. The molecule has 34 heavy (non-hydrogen) atoms. The molecule has 4 saturated carbocycles. The van der Waals surface area contributed by atoms with Gasteiger partial charge in [0.25, 0.3) is 0 Å². The Hall–Kier alpha value is -1.95. The van der Waals surface area contributed by atoms with Gasteiger partial charge in [0.05, 0.1) is 13.2 Å². The summed E-state index contributed by atoms with van der Waals surface area (Å²) in [6.07, 6.45) is 9.76. The van der Waals surface area contributed by atoms with E-state index in [0.717, 1.165) is 62.5 Å². The number of aliphatic hydroxyl groups excluding tert-OH is 1. The number of Topliss-reactive ketones (excluding diaryl/α,β-unsaturated/α-hetero) is 1. The van der Waals surface area contributed by atoms with Crippen molar-refractivity contribution in [2.75, 3.05) is 7.11 Å². The van der Waals surface area contributed by atoms with E-state index >= 15 is 0 Å². The van der Waals surface area contributed by atoms with Crippen LogP contribution in [-0.2, 0) is 4.79 Å². The van der Waals surface area contributed by atoms with Gasteiger partial charge < -0.3 is 14.6 Å². The molecule has 1 aromatic rings. The van der Waals surface area contributed by atoms with Crippen molar-refractivity contribution < 1.29 is 28.2 Å². The molecule has 7 atom stereocenters. The number of ether oxygens (including phenoxy) is 2. The summed E-state index contributed by atoms with van der Waals surface area (Å²) >= 11 is 0. The van der Waals surface area contributed by atoms with Crippen LogP contribution in [0.2, 0.25) is 0 Å². The van der Waals surface area contributed by atoms with Crippen LogP contribution in [0.25, 0.3) is 6.08 Å². The number of methoxy groups -OCH3 is 1. The van der Waals surface area contributed by atoms with Gasteiger partial charge in [-0.05, 0) is 110 Å². The standard InChI is InChI=1S/C28H36F2O4/c1-27-10-8-19(31)15-18(27)5-6-20-21(27)9-11-28(2)22(20)14-17(25(28)32)12-16-4-7-23(34-26(29)30)24(13-16)33-3/h4,7,12-13,18-22,26,31H,5-6,8-11,14-15H2,1-3H3/b17-12+/t18-,19-,20-,21+,22+,27+,28+/m1/s1. The molecule has 1 N–H and O–H groups in total. The minimum atomic E-state index is -2.92. The van der Waals surface area contributed by atoms with Crippen LogP contribution < -0.4 is 9.47 Å². The van der Waals surface area contributed by atoms with Crippen molar-refractivity contribution in [3.8, 4) is 11.5 Å². The van der Waals surface area contributed by atoms with E-state index in [1.165, 1.54) is 13.2 Å². The first kappa shape index (κ1) is 23.8. The molecule has 0 aromatic heterocycles. The Labute approximate surface area is 200 Å². The van der Waals surface area contributed by atoms with Crippen LogP contribution in [0.1, 0.15) is 70.8 Å². The first-order valence-electron chi connectivity index (χ1n) is 12.7. The van der Waals surface area contributed by atoms with Crippen molar-refractivity contribution in [3.63, 3.8) is 0 Å². The monoisotopic (exact) mass is 474 g/mol. The number of carbonyl (C=O) groups is 1. The molecule has 0 aliphatic heterocycles. The van der Waals surface area contributed by atoms with Crippen molar-refractivity contribution in [2.24, 2.45) is 34.5 Å². The molecule has 0 saturated heterocycles. The fourth-order valence-corrected chi connectivity index (χ4v) is 8.20. The smallest absolute Gasteiger partial charge is 0.387 e. The summed E-state index contributed by atoms with van der Waals surface area (Å²) in [7, 11) is 1.42. The summed E-state index contributed by atoms with van der Waals surface area (Å²) in [6.45, 7) is 1.69. The lowest BCUT2D eigenvalue weighted by Crippen LogP contribution is -2.54. The zero-order valence-electron chi connectivity index (χ0n) is 20.4. The first-order chi connectivity index (χ1) is 16.2. The molecular weight excluding hydrogens is 438 g/mol. The van der Waals surface area contributed by atoms with Gasteiger partial charge in [-0.3, -0.25) is 4.79 Å². The molecule has 4 fully saturated rings. The topological polar surface area (TPSA) is 55.8 Å². The number of hydrogen-bond donors (Lipinski definition) is 1. The van der Waals surface area contributed by atoms with Gasteiger partial charge >= 0.3 is 6.61 Å². The van der Waals surface area contributed by atoms with E-state index in [-0.39, 0.29) is 34.2 Å². The van der Waals surface area contributed by atoms with Crippen LogP contribution >= 0.6 is 0 Å². The zero-order valence-corrected chi connectivity index (χ0v) is 20.4. The normalized spacial score (nSPS) is 40.6. The van der Waals surface area contributed by atoms with Gasteiger partial charge in [-0.1, -0.05) is 19.9 Å². The third kappa shape index (κ3) is 3.77. The SMILES string of the molecule is COc1cc(/C=C2\C[C@H]3[C@@H]4CC[C@@H]5C[C@H](O)CC[C@]5(C)[C@H]4CC[C@]3(C)C2=O)ccc1OC(F)F. The van der Waals surface area contributed by atoms with Gasteiger partial charge in [0.15, 0.2) is 17.3 Å². The van der Waals surface area contributed by atoms with Gasteiger partial charge in [-0.2, -0.15) is 8.78 Å². The number of hydrogen-bond acceptors (Lipinski definition) is 4. The second-order valence-corrected chi connectivity index (χ2v) is 11.5. The number of alkyl halides is 2. The van der Waals surface area contributed by atoms with Gasteiger partial charge in [0.2, 0.25) is 0 Å². The Balaban J connectivity index is 1.41. The van der Waals surface area contributed by atoms with Crippen molar-refractivity contribution >= 4 is 11.9 Å². The molecule has 4 nitrogen and oxygen atoms in total. The van der Waals surface area contributed by atoms with E-state index < -0.39 is 6.61 Å².